The summed E-state index contributed by atoms with van der Waals surface area (Å²) in [4.78, 5) is 0. The van der Waals surface area contributed by atoms with E-state index in [0.717, 1.165) is 29.5 Å². The summed E-state index contributed by atoms with van der Waals surface area (Å²) >= 11 is 0. The van der Waals surface area contributed by atoms with Gasteiger partial charge in [-0.3, -0.25) is 0 Å². The van der Waals surface area contributed by atoms with Gasteiger partial charge in [0.1, 0.15) is 23.9 Å². The van der Waals surface area contributed by atoms with Crippen molar-refractivity contribution in [2.45, 2.75) is 0 Å². The lowest BCUT2D eigenvalue weighted by atomic mass is 10.3. The highest BCUT2D eigenvalue weighted by Crippen LogP contribution is 2.17. The van der Waals surface area contributed by atoms with Gasteiger partial charge in [0.15, 0.2) is 0 Å². The van der Waals surface area contributed by atoms with Crippen molar-refractivity contribution in [1.82, 2.24) is 0 Å². The molecule has 0 saturated carbocycles. The molecule has 0 amide bonds. The largest absolute Gasteiger partial charge is 0.497 e. The van der Waals surface area contributed by atoms with Gasteiger partial charge < -0.3 is 19.5 Å². The number of methoxy groups -OCH3 is 2. The monoisotopic (exact) mass is 273 g/mol. The first-order valence-electron chi connectivity index (χ1n) is 6.46. The number of hydrogen-bond acceptors (Lipinski definition) is 4. The van der Waals surface area contributed by atoms with Crippen molar-refractivity contribution in [2.24, 2.45) is 0 Å². The van der Waals surface area contributed by atoms with Gasteiger partial charge in [-0.25, -0.2) is 0 Å². The van der Waals surface area contributed by atoms with Gasteiger partial charge in [0.25, 0.3) is 0 Å². The second-order valence-electron chi connectivity index (χ2n) is 4.18. The third-order valence-corrected chi connectivity index (χ3v) is 2.85. The number of nitrogens with one attached hydrogen (secondary N) is 1. The minimum Gasteiger partial charge on any atom is -0.497 e. The maximum absolute atomic E-state index is 5.63. The number of benzene rings is 2. The molecule has 0 atom stereocenters. The highest BCUT2D eigenvalue weighted by atomic mass is 16.5. The summed E-state index contributed by atoms with van der Waals surface area (Å²) in [6.45, 7) is 1.33. The molecular formula is C16H19NO3. The predicted molar refractivity (Wildman–Crippen MR) is 80.0 cm³/mol. The Labute approximate surface area is 119 Å². The van der Waals surface area contributed by atoms with E-state index < -0.39 is 0 Å². The Hall–Kier alpha value is -2.36. The average molecular weight is 273 g/mol. The lowest BCUT2D eigenvalue weighted by molar-refractivity contribution is 0.332. The van der Waals surface area contributed by atoms with Crippen LogP contribution in [0.15, 0.2) is 48.5 Å². The predicted octanol–water partition coefficient (Wildman–Crippen LogP) is 3.19. The third-order valence-electron chi connectivity index (χ3n) is 2.85. The van der Waals surface area contributed by atoms with E-state index in [1.54, 1.807) is 14.2 Å². The van der Waals surface area contributed by atoms with Crippen LogP contribution in [-0.2, 0) is 0 Å². The number of anilines is 1. The summed E-state index contributed by atoms with van der Waals surface area (Å²) in [6.07, 6.45) is 0. The van der Waals surface area contributed by atoms with Gasteiger partial charge in [0.2, 0.25) is 0 Å². The summed E-state index contributed by atoms with van der Waals surface area (Å²) in [6, 6.07) is 15.4. The topological polar surface area (TPSA) is 39.7 Å². The fourth-order valence-electron chi connectivity index (χ4n) is 1.75. The van der Waals surface area contributed by atoms with Crippen molar-refractivity contribution >= 4 is 5.69 Å². The van der Waals surface area contributed by atoms with Crippen molar-refractivity contribution in [2.75, 3.05) is 32.7 Å². The molecule has 2 rings (SSSR count). The van der Waals surface area contributed by atoms with Crippen LogP contribution in [0, 0.1) is 0 Å². The van der Waals surface area contributed by atoms with Crippen molar-refractivity contribution < 1.29 is 14.2 Å². The molecule has 0 aromatic heterocycles. The molecule has 0 fully saturated rings. The Kier molecular flexibility index (Phi) is 5.12. The maximum Gasteiger partial charge on any atom is 0.119 e. The Balaban J connectivity index is 1.72. The van der Waals surface area contributed by atoms with E-state index in [-0.39, 0.29) is 0 Å². The quantitative estimate of drug-likeness (QED) is 0.786. The third kappa shape index (κ3) is 4.09. The average Bonchev–Trinajstić information content (AvgIpc) is 2.53. The molecule has 0 unspecified atom stereocenters. The van der Waals surface area contributed by atoms with Crippen LogP contribution >= 0.6 is 0 Å². The molecule has 0 heterocycles. The molecule has 0 aliphatic rings. The van der Waals surface area contributed by atoms with Crippen molar-refractivity contribution in [3.05, 3.63) is 48.5 Å². The van der Waals surface area contributed by atoms with Gasteiger partial charge in [-0.2, -0.15) is 0 Å². The van der Waals surface area contributed by atoms with Crippen LogP contribution in [0.4, 0.5) is 5.69 Å². The van der Waals surface area contributed by atoms with Crippen LogP contribution < -0.4 is 19.5 Å². The molecule has 1 N–H and O–H groups in total. The molecule has 0 bridgehead atoms. The van der Waals surface area contributed by atoms with E-state index in [4.69, 9.17) is 14.2 Å². The molecule has 0 radical (unpaired) electrons. The molecular weight excluding hydrogens is 254 g/mol. The summed E-state index contributed by atoms with van der Waals surface area (Å²) in [5.41, 5.74) is 1.05. The Morgan fingerprint density at radius 1 is 0.750 bits per heavy atom. The lowest BCUT2D eigenvalue weighted by Gasteiger charge is -2.09. The van der Waals surface area contributed by atoms with Crippen molar-refractivity contribution in [3.8, 4) is 17.2 Å². The van der Waals surface area contributed by atoms with Gasteiger partial charge in [-0.15, -0.1) is 0 Å². The van der Waals surface area contributed by atoms with E-state index in [9.17, 15) is 0 Å². The van der Waals surface area contributed by atoms with Crippen molar-refractivity contribution in [1.29, 1.82) is 0 Å². The highest BCUT2D eigenvalue weighted by Gasteiger charge is 1.96. The van der Waals surface area contributed by atoms with Gasteiger partial charge in [-0.1, -0.05) is 0 Å². The summed E-state index contributed by atoms with van der Waals surface area (Å²) < 4.78 is 15.8. The first-order valence-corrected chi connectivity index (χ1v) is 6.46. The summed E-state index contributed by atoms with van der Waals surface area (Å²) in [7, 11) is 3.31. The van der Waals surface area contributed by atoms with Crippen LogP contribution in [-0.4, -0.2) is 27.4 Å². The van der Waals surface area contributed by atoms with Crippen LogP contribution in [0.5, 0.6) is 17.2 Å². The fraction of sp³-hybridized carbons (Fsp3) is 0.250. The summed E-state index contributed by atoms with van der Waals surface area (Å²) in [5, 5.41) is 3.28. The Morgan fingerprint density at radius 3 is 1.80 bits per heavy atom. The second-order valence-corrected chi connectivity index (χ2v) is 4.18. The van der Waals surface area contributed by atoms with E-state index in [0.29, 0.717) is 6.61 Å². The fourth-order valence-corrected chi connectivity index (χ4v) is 1.75. The molecule has 2 aromatic carbocycles. The maximum atomic E-state index is 5.63. The number of hydrogen-bond donors (Lipinski definition) is 1. The zero-order valence-corrected chi connectivity index (χ0v) is 11.8. The molecule has 20 heavy (non-hydrogen) atoms. The van der Waals surface area contributed by atoms with Gasteiger partial charge in [-0.05, 0) is 48.5 Å². The van der Waals surface area contributed by atoms with Crippen LogP contribution in [0.2, 0.25) is 0 Å². The van der Waals surface area contributed by atoms with E-state index in [1.807, 2.05) is 48.5 Å². The second kappa shape index (κ2) is 7.28. The van der Waals surface area contributed by atoms with Crippen LogP contribution in [0.1, 0.15) is 0 Å². The highest BCUT2D eigenvalue weighted by molar-refractivity contribution is 5.46. The lowest BCUT2D eigenvalue weighted by Crippen LogP contribution is -2.11. The van der Waals surface area contributed by atoms with E-state index in [1.165, 1.54) is 0 Å². The normalized spacial score (nSPS) is 9.90. The Bertz CT molecular complexity index is 459. The van der Waals surface area contributed by atoms with E-state index in [2.05, 4.69) is 5.32 Å². The smallest absolute Gasteiger partial charge is 0.119 e. The molecule has 4 nitrogen and oxygen atoms in total. The zero-order valence-electron chi connectivity index (χ0n) is 11.8. The SMILES string of the molecule is COc1ccc(NCCOc2ccc(OC)cc2)cc1. The number of ether oxygens (including phenoxy) is 3. The van der Waals surface area contributed by atoms with Gasteiger partial charge in [0.05, 0.1) is 14.2 Å². The van der Waals surface area contributed by atoms with Crippen molar-refractivity contribution in [3.63, 3.8) is 0 Å². The minimum atomic E-state index is 0.596. The van der Waals surface area contributed by atoms with Gasteiger partial charge >= 0.3 is 0 Å². The van der Waals surface area contributed by atoms with Crippen LogP contribution in [0.3, 0.4) is 0 Å². The molecule has 0 spiro atoms. The first-order chi connectivity index (χ1) is 9.81. The van der Waals surface area contributed by atoms with Crippen LogP contribution in [0.25, 0.3) is 0 Å². The molecule has 4 heteroatoms. The number of rotatable bonds is 7. The molecule has 2 aromatic rings. The first kappa shape index (κ1) is 14.1. The van der Waals surface area contributed by atoms with Gasteiger partial charge in [0, 0.05) is 12.2 Å². The minimum absolute atomic E-state index is 0.596. The Morgan fingerprint density at radius 2 is 1.25 bits per heavy atom. The standard InChI is InChI=1S/C16H19NO3/c1-18-14-5-3-13(4-6-14)17-11-12-20-16-9-7-15(19-2)8-10-16/h3-10,17H,11-12H2,1-2H3. The molecule has 0 aliphatic heterocycles. The van der Waals surface area contributed by atoms with E-state index >= 15 is 0 Å². The molecule has 106 valence electrons. The summed E-state index contributed by atoms with van der Waals surface area (Å²) in [5.74, 6) is 2.51. The molecule has 0 saturated heterocycles. The molecule has 0 aliphatic carbocycles. The zero-order chi connectivity index (χ0) is 14.2.